The van der Waals surface area contributed by atoms with Crippen LogP contribution in [0.2, 0.25) is 0 Å². The maximum atomic E-state index is 12.9. The summed E-state index contributed by atoms with van der Waals surface area (Å²) in [5.41, 5.74) is 3.37. The number of carbonyl (C=O) groups is 1. The number of anilines is 2. The Morgan fingerprint density at radius 2 is 1.92 bits per heavy atom. The third kappa shape index (κ3) is 8.08. The van der Waals surface area contributed by atoms with E-state index in [-0.39, 0.29) is 25.3 Å². The third-order valence-electron chi connectivity index (χ3n) is 6.83. The molecule has 1 fully saturated rings. The van der Waals surface area contributed by atoms with Gasteiger partial charge in [0.15, 0.2) is 0 Å². The van der Waals surface area contributed by atoms with Crippen molar-refractivity contribution in [1.82, 2.24) is 19.9 Å². The molecule has 1 unspecified atom stereocenters. The molecule has 3 heterocycles. The van der Waals surface area contributed by atoms with Crippen molar-refractivity contribution in [2.45, 2.75) is 76.2 Å². The quantitative estimate of drug-likeness (QED) is 0.309. The minimum absolute atomic E-state index is 0.227. The van der Waals surface area contributed by atoms with Crippen LogP contribution in [0.25, 0.3) is 0 Å². The van der Waals surface area contributed by atoms with Crippen LogP contribution in [0.5, 0.6) is 0 Å². The summed E-state index contributed by atoms with van der Waals surface area (Å²) >= 11 is 0. The molecule has 0 saturated heterocycles. The fourth-order valence-electron chi connectivity index (χ4n) is 4.53. The molecule has 0 radical (unpaired) electrons. The Bertz CT molecular complexity index is 987. The summed E-state index contributed by atoms with van der Waals surface area (Å²) in [6.45, 7) is 2.22. The van der Waals surface area contributed by atoms with Crippen LogP contribution in [0, 0.1) is 0 Å². The molecule has 2 aromatic heterocycles. The molecule has 10 heteroatoms. The summed E-state index contributed by atoms with van der Waals surface area (Å²) in [5.74, 6) is 0.775. The highest BCUT2D eigenvalue weighted by Gasteiger charge is 2.25. The monoisotopic (exact) mass is 502 g/mol. The van der Waals surface area contributed by atoms with Crippen molar-refractivity contribution in [2.24, 2.45) is 0 Å². The number of nitrogens with one attached hydrogen (secondary N) is 2. The van der Waals surface area contributed by atoms with E-state index < -0.39 is 18.4 Å². The number of rotatable bonds is 15. The van der Waals surface area contributed by atoms with Gasteiger partial charge in [0.25, 0.3) is 0 Å². The molecule has 0 bridgehead atoms. The number of hydrogen-bond donors (Lipinski definition) is 3. The van der Waals surface area contributed by atoms with Crippen molar-refractivity contribution in [3.05, 3.63) is 41.3 Å². The lowest BCUT2D eigenvalue weighted by molar-refractivity contribution is -0.138. The molecule has 1 saturated carbocycles. The smallest absolute Gasteiger partial charge is 0.326 e. The molecule has 1 aliphatic heterocycles. The lowest BCUT2D eigenvalue weighted by atomic mass is 10.1. The first kappa shape index (κ1) is 26.2. The Morgan fingerprint density at radius 1 is 1.14 bits per heavy atom. The van der Waals surface area contributed by atoms with Crippen LogP contribution >= 0.6 is 0 Å². The number of aromatic nitrogens is 3. The number of nitrogens with zero attached hydrogens (tertiary/aromatic N) is 4. The van der Waals surface area contributed by atoms with Gasteiger partial charge < -0.3 is 20.6 Å². The van der Waals surface area contributed by atoms with E-state index in [1.54, 1.807) is 12.4 Å². The number of alkyl halides is 2. The number of pyridine rings is 1. The van der Waals surface area contributed by atoms with E-state index in [1.165, 1.54) is 5.56 Å². The molecule has 2 aromatic rings. The number of carboxylic acids is 1. The number of unbranched alkanes of at least 4 members (excludes halogenated alkanes) is 1. The van der Waals surface area contributed by atoms with Gasteiger partial charge in [-0.15, -0.1) is 0 Å². The van der Waals surface area contributed by atoms with Gasteiger partial charge in [-0.3, -0.25) is 0 Å². The molecule has 196 valence electrons. The summed E-state index contributed by atoms with van der Waals surface area (Å²) in [4.78, 5) is 27.0. The van der Waals surface area contributed by atoms with Gasteiger partial charge in [0.05, 0.1) is 0 Å². The van der Waals surface area contributed by atoms with Crippen molar-refractivity contribution in [1.29, 1.82) is 0 Å². The molecule has 36 heavy (non-hydrogen) atoms. The average molecular weight is 503 g/mol. The van der Waals surface area contributed by atoms with Gasteiger partial charge in [-0.25, -0.2) is 28.5 Å². The van der Waals surface area contributed by atoms with E-state index in [0.717, 1.165) is 68.6 Å². The van der Waals surface area contributed by atoms with Crippen LogP contribution in [0.15, 0.2) is 24.5 Å². The predicted octanol–water partition coefficient (Wildman–Crippen LogP) is 4.34. The molecular formula is C26H36F2N6O2. The molecule has 0 amide bonds. The van der Waals surface area contributed by atoms with Gasteiger partial charge in [-0.05, 0) is 81.0 Å². The van der Waals surface area contributed by atoms with Crippen molar-refractivity contribution in [2.75, 3.05) is 36.8 Å². The Balaban J connectivity index is 1.25. The summed E-state index contributed by atoms with van der Waals surface area (Å²) in [5, 5.41) is 15.9. The second-order valence-electron chi connectivity index (χ2n) is 9.76. The number of aryl methyl sites for hydroxylation is 2. The zero-order chi connectivity index (χ0) is 25.3. The van der Waals surface area contributed by atoms with Gasteiger partial charge in [-0.1, -0.05) is 6.07 Å². The Kier molecular flexibility index (Phi) is 9.38. The number of hydrogen-bond acceptors (Lipinski definition) is 7. The molecule has 0 aromatic carbocycles. The lowest BCUT2D eigenvalue weighted by Crippen LogP contribution is -2.36. The topological polar surface area (TPSA) is 103 Å². The minimum Gasteiger partial charge on any atom is -0.480 e. The normalized spacial score (nSPS) is 16.0. The van der Waals surface area contributed by atoms with Crippen molar-refractivity contribution in [3.8, 4) is 0 Å². The van der Waals surface area contributed by atoms with Crippen molar-refractivity contribution < 1.29 is 18.7 Å². The van der Waals surface area contributed by atoms with Crippen LogP contribution in [0.1, 0.15) is 67.7 Å². The van der Waals surface area contributed by atoms with Crippen molar-refractivity contribution >= 4 is 17.7 Å². The standard InChI is InChI=1S/C26H36F2N6O2/c27-23(28)11-15-34(13-2-1-5-21-9-8-19-4-3-12-29-24(19)32-21)14-10-22(25(35)36)33-26-30-16-20(17-31-26)18-6-7-18/h8-9,16-18,22-23H,1-7,10-15H2,(H,29,32)(H,35,36)(H,30,31,33). The first-order valence-corrected chi connectivity index (χ1v) is 13.0. The Hall–Kier alpha value is -2.88. The van der Waals surface area contributed by atoms with Crippen LogP contribution in [-0.4, -0.2) is 69.6 Å². The molecule has 3 N–H and O–H groups in total. The molecule has 1 atom stereocenters. The maximum Gasteiger partial charge on any atom is 0.326 e. The summed E-state index contributed by atoms with van der Waals surface area (Å²) < 4.78 is 25.8. The molecular weight excluding hydrogens is 466 g/mol. The van der Waals surface area contributed by atoms with Gasteiger partial charge in [0, 0.05) is 44.1 Å². The first-order chi connectivity index (χ1) is 17.5. The van der Waals surface area contributed by atoms with E-state index in [1.807, 2.05) is 4.90 Å². The summed E-state index contributed by atoms with van der Waals surface area (Å²) in [7, 11) is 0. The highest BCUT2D eigenvalue weighted by atomic mass is 19.3. The summed E-state index contributed by atoms with van der Waals surface area (Å²) in [6.07, 6.45) is 8.15. The van der Waals surface area contributed by atoms with Crippen LogP contribution in [0.4, 0.5) is 20.5 Å². The van der Waals surface area contributed by atoms with Gasteiger partial charge in [0.1, 0.15) is 11.9 Å². The van der Waals surface area contributed by atoms with E-state index in [0.29, 0.717) is 19.0 Å². The van der Waals surface area contributed by atoms with Crippen molar-refractivity contribution in [3.63, 3.8) is 0 Å². The largest absolute Gasteiger partial charge is 0.480 e. The molecule has 2 aliphatic rings. The Morgan fingerprint density at radius 3 is 2.64 bits per heavy atom. The zero-order valence-corrected chi connectivity index (χ0v) is 20.6. The number of aliphatic carboxylic acids is 1. The third-order valence-corrected chi connectivity index (χ3v) is 6.83. The second kappa shape index (κ2) is 12.9. The lowest BCUT2D eigenvalue weighted by Gasteiger charge is -2.24. The van der Waals surface area contributed by atoms with Gasteiger partial charge >= 0.3 is 5.97 Å². The van der Waals surface area contributed by atoms with Crippen LogP contribution in [0.3, 0.4) is 0 Å². The minimum atomic E-state index is -2.38. The molecule has 4 rings (SSSR count). The summed E-state index contributed by atoms with van der Waals surface area (Å²) in [6, 6.07) is 3.32. The van der Waals surface area contributed by atoms with E-state index in [4.69, 9.17) is 4.98 Å². The maximum absolute atomic E-state index is 12.9. The molecule has 1 aliphatic carbocycles. The highest BCUT2D eigenvalue weighted by molar-refractivity contribution is 5.76. The van der Waals surface area contributed by atoms with Crippen LogP contribution in [-0.2, 0) is 17.6 Å². The van der Waals surface area contributed by atoms with Crippen LogP contribution < -0.4 is 10.6 Å². The van der Waals surface area contributed by atoms with Gasteiger partial charge in [0.2, 0.25) is 12.4 Å². The van der Waals surface area contributed by atoms with E-state index >= 15 is 0 Å². The van der Waals surface area contributed by atoms with E-state index in [2.05, 4.69) is 32.7 Å². The number of halogens is 2. The number of carboxylic acid groups (broad SMARTS) is 1. The second-order valence-corrected chi connectivity index (χ2v) is 9.76. The molecule has 8 nitrogen and oxygen atoms in total. The zero-order valence-electron chi connectivity index (χ0n) is 20.6. The van der Waals surface area contributed by atoms with E-state index in [9.17, 15) is 18.7 Å². The van der Waals surface area contributed by atoms with Gasteiger partial charge in [-0.2, -0.15) is 0 Å². The fourth-order valence-corrected chi connectivity index (χ4v) is 4.53. The SMILES string of the molecule is O=C(O)C(CCN(CCCCc1ccc2c(n1)NCCC2)CCC(F)F)Nc1ncc(C2CC2)cn1. The highest BCUT2D eigenvalue weighted by Crippen LogP contribution is 2.39. The average Bonchev–Trinajstić information content (AvgIpc) is 3.72. The Labute approximate surface area is 210 Å². The molecule has 0 spiro atoms. The first-order valence-electron chi connectivity index (χ1n) is 13.0. The fraction of sp³-hybridized carbons (Fsp3) is 0.615. The predicted molar refractivity (Wildman–Crippen MR) is 135 cm³/mol. The number of fused-ring (bicyclic) bond motifs is 1.